The minimum atomic E-state index is -1.33. The molecule has 2 aromatic heterocycles. The topological polar surface area (TPSA) is 196 Å². The molecule has 7 atom stereocenters. The first-order chi connectivity index (χ1) is 33.4. The Morgan fingerprint density at radius 3 is 2.60 bits per heavy atom. The van der Waals surface area contributed by atoms with Crippen molar-refractivity contribution in [3.05, 3.63) is 81.9 Å². The van der Waals surface area contributed by atoms with Gasteiger partial charge in [0.05, 0.1) is 36.6 Å². The molecule has 0 spiro atoms. The number of rotatable bonds is 10. The van der Waals surface area contributed by atoms with E-state index in [0.29, 0.717) is 44.2 Å². The summed E-state index contributed by atoms with van der Waals surface area (Å²) in [5, 5.41) is 25.1. The lowest BCUT2D eigenvalue weighted by atomic mass is 9.83. The average molecular weight is 975 g/mol. The lowest BCUT2D eigenvalue weighted by molar-refractivity contribution is -0.160. The monoisotopic (exact) mass is 974 g/mol. The van der Waals surface area contributed by atoms with Crippen molar-refractivity contribution in [1.29, 1.82) is 0 Å². The summed E-state index contributed by atoms with van der Waals surface area (Å²) in [6.45, 7) is 13.1. The number of phenols is 1. The fourth-order valence-electron chi connectivity index (χ4n) is 11.4. The van der Waals surface area contributed by atoms with E-state index >= 15 is 4.79 Å². The molecular formula is C53H66N8O8S. The fourth-order valence-corrected chi connectivity index (χ4v) is 12.1. The van der Waals surface area contributed by atoms with Gasteiger partial charge in [0.25, 0.3) is 5.91 Å². The van der Waals surface area contributed by atoms with Gasteiger partial charge in [0.1, 0.15) is 17.8 Å². The number of benzene rings is 2. The maximum Gasteiger partial charge on any atom is 0.333 e. The molecule has 5 aliphatic rings. The van der Waals surface area contributed by atoms with Gasteiger partial charge in [-0.1, -0.05) is 51.6 Å². The smallest absolute Gasteiger partial charge is 0.333 e. The summed E-state index contributed by atoms with van der Waals surface area (Å²) in [7, 11) is 3.30. The number of nitrogens with zero attached hydrogens (tertiary/aromatic N) is 4. The van der Waals surface area contributed by atoms with E-state index in [4.69, 9.17) is 14.5 Å². The Morgan fingerprint density at radius 1 is 1.09 bits per heavy atom. The summed E-state index contributed by atoms with van der Waals surface area (Å²) in [5.74, 6) is -2.61. The van der Waals surface area contributed by atoms with Crippen LogP contribution in [0, 0.1) is 17.3 Å². The molecule has 0 unspecified atom stereocenters. The lowest BCUT2D eigenvalue weighted by Gasteiger charge is -2.42. The maximum atomic E-state index is 15.1. The van der Waals surface area contributed by atoms with Crippen LogP contribution in [0.2, 0.25) is 0 Å². The van der Waals surface area contributed by atoms with Crippen molar-refractivity contribution in [3.8, 4) is 28.1 Å². The van der Waals surface area contributed by atoms with Crippen LogP contribution in [0.4, 0.5) is 0 Å². The molecule has 4 amide bonds. The number of piperazine rings is 1. The number of nitrogens with one attached hydrogen (secondary N) is 4. The molecule has 5 N–H and O–H groups in total. The third kappa shape index (κ3) is 9.33. The van der Waals surface area contributed by atoms with Gasteiger partial charge in [0.15, 0.2) is 5.54 Å². The van der Waals surface area contributed by atoms with Crippen molar-refractivity contribution in [3.63, 3.8) is 0 Å². The number of amides is 4. The number of hydrogen-bond donors (Lipinski definition) is 5. The zero-order valence-corrected chi connectivity index (χ0v) is 42.2. The highest BCUT2D eigenvalue weighted by Gasteiger charge is 2.52. The van der Waals surface area contributed by atoms with E-state index in [2.05, 4.69) is 64.9 Å². The van der Waals surface area contributed by atoms with Gasteiger partial charge in [0, 0.05) is 78.7 Å². The number of aromatic nitrogens is 2. The molecule has 2 aromatic carbocycles. The van der Waals surface area contributed by atoms with Crippen molar-refractivity contribution in [2.75, 3.05) is 33.9 Å². The van der Waals surface area contributed by atoms with Crippen LogP contribution >= 0.6 is 11.8 Å². The van der Waals surface area contributed by atoms with Crippen LogP contribution in [0.15, 0.2) is 65.0 Å². The van der Waals surface area contributed by atoms with Gasteiger partial charge in [0.2, 0.25) is 17.7 Å². The molecule has 16 nitrogen and oxygen atoms in total. The molecule has 4 aliphatic heterocycles. The van der Waals surface area contributed by atoms with Crippen molar-refractivity contribution < 1.29 is 38.6 Å². The van der Waals surface area contributed by atoms with Crippen molar-refractivity contribution in [2.45, 2.75) is 122 Å². The number of likely N-dealkylation sites (N-methyl/N-ethyl adjacent to an activating group) is 1. The minimum absolute atomic E-state index is 0.00965. The van der Waals surface area contributed by atoms with Crippen LogP contribution in [0.1, 0.15) is 90.2 Å². The predicted molar refractivity (Wildman–Crippen MR) is 268 cm³/mol. The number of ether oxygens (including phenoxy) is 2. The molecule has 0 radical (unpaired) electrons. The molecule has 17 heteroatoms. The van der Waals surface area contributed by atoms with Gasteiger partial charge in [-0.25, -0.2) is 10.2 Å². The Bertz CT molecular complexity index is 2770. The van der Waals surface area contributed by atoms with Crippen LogP contribution in [-0.4, -0.2) is 118 Å². The summed E-state index contributed by atoms with van der Waals surface area (Å²) < 4.78 is 14.5. The van der Waals surface area contributed by atoms with E-state index in [-0.39, 0.29) is 67.8 Å². The average Bonchev–Trinajstić information content (AvgIpc) is 4.06. The fraction of sp³-hybridized carbons (Fsp3) is 0.509. The number of aryl methyl sites for hydroxylation is 1. The number of fused-ring (bicyclic) bond motifs is 7. The third-order valence-corrected chi connectivity index (χ3v) is 15.8. The zero-order valence-electron chi connectivity index (χ0n) is 41.4. The predicted octanol–water partition coefficient (Wildman–Crippen LogP) is 5.76. The number of cyclic esters (lactones) is 1. The van der Waals surface area contributed by atoms with Gasteiger partial charge < -0.3 is 40.0 Å². The number of hydrogen-bond acceptors (Lipinski definition) is 12. The number of carbonyl (C=O) groups is 5. The van der Waals surface area contributed by atoms with E-state index < -0.39 is 46.7 Å². The molecular weight excluding hydrogens is 909 g/mol. The molecule has 2 saturated heterocycles. The molecule has 9 rings (SSSR count). The molecule has 3 fully saturated rings. The zero-order chi connectivity index (χ0) is 49.8. The van der Waals surface area contributed by atoms with Crippen molar-refractivity contribution >= 4 is 52.3 Å². The Balaban J connectivity index is 1.13. The Hall–Kier alpha value is -5.75. The summed E-state index contributed by atoms with van der Waals surface area (Å²) >= 11 is 1.43. The van der Waals surface area contributed by atoms with E-state index in [0.717, 1.165) is 49.4 Å². The van der Waals surface area contributed by atoms with Crippen LogP contribution in [0.25, 0.3) is 33.3 Å². The Labute approximate surface area is 413 Å². The summed E-state index contributed by atoms with van der Waals surface area (Å²) in [4.78, 5) is 78.1. The van der Waals surface area contributed by atoms with Crippen LogP contribution in [-0.2, 0) is 52.8 Å². The first-order valence-electron chi connectivity index (χ1n) is 24.6. The minimum Gasteiger partial charge on any atom is -0.508 e. The second-order valence-electron chi connectivity index (χ2n) is 20.8. The van der Waals surface area contributed by atoms with Crippen LogP contribution in [0.3, 0.4) is 0 Å². The summed E-state index contributed by atoms with van der Waals surface area (Å²) in [5.41, 5.74) is 8.37. The lowest BCUT2D eigenvalue weighted by Crippen LogP contribution is -2.67. The highest BCUT2D eigenvalue weighted by atomic mass is 32.2. The molecule has 1 saturated carbocycles. The van der Waals surface area contributed by atoms with Crippen LogP contribution in [0.5, 0.6) is 5.75 Å². The van der Waals surface area contributed by atoms with Crippen molar-refractivity contribution in [2.24, 2.45) is 17.3 Å². The van der Waals surface area contributed by atoms with Gasteiger partial charge in [-0.2, -0.15) is 0 Å². The number of phenolic OH excluding ortho intramolecular Hbond substituents is 1. The third-order valence-electron chi connectivity index (χ3n) is 14.9. The first kappa shape index (κ1) is 49.2. The normalized spacial score (nSPS) is 25.3. The molecule has 372 valence electrons. The quantitative estimate of drug-likeness (QED) is 0.121. The standard InChI is InChI=1S/C53H66N8O8S/c1-9-60-41-16-13-32-24-37(41)38(47(60)35-12-10-18-54-44(35)30(4)68-8)25-52(5,6)28-69-51(67)53(42-27-70-42)17-11-19-61(58-53)50(66)40(22-31-20-33(32)23-34(62)21-31)57-48(64)46(29(2)3)59(7)49(65)36-14-15-39-45(36)55-26-43(63)56-39/h10,12-13,16,18,20-21,23-24,27,29-30,36,39-40,45-46,55,58,62H,9,11,14-15,17,19,22,25-26,28H2,1-8H3,(H,56,63)(H,57,64)/t30-,36-,39+,40-,45-,46-,53-/m0/s1. The highest BCUT2D eigenvalue weighted by molar-refractivity contribution is 8.12. The molecule has 1 aliphatic carbocycles. The van der Waals surface area contributed by atoms with E-state index in [1.807, 2.05) is 44.4 Å². The van der Waals surface area contributed by atoms with Gasteiger partial charge >= 0.3 is 5.97 Å². The number of methoxy groups -OCH3 is 1. The van der Waals surface area contributed by atoms with E-state index in [9.17, 15) is 24.3 Å². The number of hydrazine groups is 1. The molecule has 4 aromatic rings. The molecule has 6 heterocycles. The van der Waals surface area contributed by atoms with E-state index in [1.54, 1.807) is 32.5 Å². The van der Waals surface area contributed by atoms with Gasteiger partial charge in [-0.15, -0.1) is 0 Å². The van der Waals surface area contributed by atoms with Crippen molar-refractivity contribution in [1.82, 2.24) is 40.8 Å². The SMILES string of the molecule is CCn1c(-c2cccnc2[C@H](C)OC)c2c3cc(ccc31)-c1cc(O)cc(c1)C[C@H](NC(=O)[C@H](C(C)C)N(C)C(=O)[C@H]1CC[C@H]3NC(=O)CN[C@@H]13)C(=O)N1CCC[C@@](C3=CS3)(N1)C(=O)OCC(C)(C)C2. The summed E-state index contributed by atoms with van der Waals surface area (Å²) in [6.07, 6.45) is 4.06. The van der Waals surface area contributed by atoms with Gasteiger partial charge in [-0.3, -0.25) is 29.2 Å². The van der Waals surface area contributed by atoms with Gasteiger partial charge in [-0.05, 0) is 116 Å². The molecule has 70 heavy (non-hydrogen) atoms. The second-order valence-corrected chi connectivity index (χ2v) is 21.7. The highest BCUT2D eigenvalue weighted by Crippen LogP contribution is 2.48. The molecule has 6 bridgehead atoms. The number of esters is 1. The largest absolute Gasteiger partial charge is 0.508 e. The number of pyridine rings is 1. The number of thioether (sulfide) groups is 1. The Kier molecular flexibility index (Phi) is 13.7. The number of aromatic hydroxyl groups is 1. The summed E-state index contributed by atoms with van der Waals surface area (Å²) in [6, 6.07) is 13.0. The first-order valence-corrected chi connectivity index (χ1v) is 25.5. The second kappa shape index (κ2) is 19.5. The van der Waals surface area contributed by atoms with Crippen LogP contribution < -0.4 is 21.4 Å². The Morgan fingerprint density at radius 2 is 1.87 bits per heavy atom. The van der Waals surface area contributed by atoms with E-state index in [1.165, 1.54) is 21.7 Å². The maximum absolute atomic E-state index is 15.1. The number of carbonyl (C=O) groups excluding carboxylic acids is 5.